The quantitative estimate of drug-likeness (QED) is 0.724. The van der Waals surface area contributed by atoms with Gasteiger partial charge in [0.2, 0.25) is 0 Å². The topological polar surface area (TPSA) is 42.8 Å². The molecule has 1 heterocycles. The van der Waals surface area contributed by atoms with Crippen molar-refractivity contribution >= 4 is 12.2 Å². The second-order valence-corrected chi connectivity index (χ2v) is 3.16. The minimum atomic E-state index is 0.270. The van der Waals surface area contributed by atoms with Gasteiger partial charge in [-0.05, 0) is 26.1 Å². The molecule has 0 aliphatic carbocycles. The summed E-state index contributed by atoms with van der Waals surface area (Å²) < 4.78 is 7.85. The van der Waals surface area contributed by atoms with E-state index in [-0.39, 0.29) is 6.10 Å². The highest BCUT2D eigenvalue weighted by molar-refractivity contribution is 7.71. The van der Waals surface area contributed by atoms with Gasteiger partial charge in [0, 0.05) is 6.54 Å². The van der Waals surface area contributed by atoms with Crippen LogP contribution >= 0.6 is 12.2 Å². The van der Waals surface area contributed by atoms with Gasteiger partial charge in [-0.15, -0.1) is 0 Å². The predicted octanol–water partition coefficient (Wildman–Crippen LogP) is 1.37. The minimum absolute atomic E-state index is 0.270. The van der Waals surface area contributed by atoms with Crippen LogP contribution in [0, 0.1) is 4.77 Å². The lowest BCUT2D eigenvalue weighted by molar-refractivity contribution is 0.0725. The van der Waals surface area contributed by atoms with Gasteiger partial charge in [-0.1, -0.05) is 0 Å². The Morgan fingerprint density at radius 3 is 3.00 bits per heavy atom. The summed E-state index contributed by atoms with van der Waals surface area (Å²) in [5.41, 5.74) is 0. The number of nitrogens with one attached hydrogen (secondary N) is 1. The lowest BCUT2D eigenvalue weighted by Gasteiger charge is -2.06. The third-order valence-corrected chi connectivity index (χ3v) is 1.73. The molecule has 68 valence electrons. The Balaban J connectivity index is 2.34. The van der Waals surface area contributed by atoms with E-state index in [1.54, 1.807) is 6.33 Å². The van der Waals surface area contributed by atoms with E-state index in [4.69, 9.17) is 17.0 Å². The van der Waals surface area contributed by atoms with Crippen LogP contribution in [0.1, 0.15) is 13.8 Å². The molecule has 1 aromatic heterocycles. The van der Waals surface area contributed by atoms with Crippen LogP contribution < -0.4 is 0 Å². The van der Waals surface area contributed by atoms with Gasteiger partial charge in [-0.3, -0.25) is 5.10 Å². The molecule has 0 aromatic carbocycles. The van der Waals surface area contributed by atoms with Crippen LogP contribution in [0.25, 0.3) is 0 Å². The summed E-state index contributed by atoms with van der Waals surface area (Å²) >= 11 is 4.95. The fourth-order valence-corrected chi connectivity index (χ4v) is 1.01. The number of ether oxygens (including phenoxy) is 1. The van der Waals surface area contributed by atoms with E-state index in [0.29, 0.717) is 11.4 Å². The summed E-state index contributed by atoms with van der Waals surface area (Å²) in [4.78, 5) is 0. The van der Waals surface area contributed by atoms with E-state index in [1.165, 1.54) is 0 Å². The Labute approximate surface area is 76.6 Å². The summed E-state index contributed by atoms with van der Waals surface area (Å²) in [6, 6.07) is 0. The van der Waals surface area contributed by atoms with Crippen molar-refractivity contribution in [1.82, 2.24) is 14.8 Å². The molecule has 0 aliphatic rings. The highest BCUT2D eigenvalue weighted by atomic mass is 32.1. The lowest BCUT2D eigenvalue weighted by Crippen LogP contribution is -2.09. The smallest absolute Gasteiger partial charge is 0.195 e. The summed E-state index contributed by atoms with van der Waals surface area (Å²) in [6.07, 6.45) is 1.94. The van der Waals surface area contributed by atoms with Crippen LogP contribution in [0.15, 0.2) is 6.33 Å². The largest absolute Gasteiger partial charge is 0.377 e. The lowest BCUT2D eigenvalue weighted by atomic mass is 10.5. The molecule has 12 heavy (non-hydrogen) atoms. The van der Waals surface area contributed by atoms with Crippen LogP contribution in [-0.4, -0.2) is 27.5 Å². The van der Waals surface area contributed by atoms with Crippen molar-refractivity contribution in [3.8, 4) is 0 Å². The van der Waals surface area contributed by atoms with Crippen LogP contribution in [-0.2, 0) is 11.3 Å². The second-order valence-electron chi connectivity index (χ2n) is 2.77. The van der Waals surface area contributed by atoms with Gasteiger partial charge in [0.05, 0.1) is 12.7 Å². The molecular weight excluding hydrogens is 174 g/mol. The van der Waals surface area contributed by atoms with Gasteiger partial charge in [0.25, 0.3) is 0 Å². The third kappa shape index (κ3) is 2.75. The Hall–Kier alpha value is -0.680. The molecule has 0 spiro atoms. The van der Waals surface area contributed by atoms with Crippen molar-refractivity contribution in [1.29, 1.82) is 0 Å². The molecule has 0 bridgehead atoms. The van der Waals surface area contributed by atoms with E-state index in [2.05, 4.69) is 10.2 Å². The van der Waals surface area contributed by atoms with Crippen molar-refractivity contribution in [2.75, 3.05) is 6.61 Å². The number of hydrogen-bond acceptors (Lipinski definition) is 3. The standard InChI is InChI=1S/C7H13N3OS/c1-6(2)11-4-3-10-5-8-9-7(10)12/h5-6H,3-4H2,1-2H3,(H,9,12). The molecule has 1 N–H and O–H groups in total. The number of aromatic amines is 1. The molecule has 5 heteroatoms. The summed E-state index contributed by atoms with van der Waals surface area (Å²) in [5.74, 6) is 0. The maximum atomic E-state index is 5.36. The van der Waals surface area contributed by atoms with Gasteiger partial charge in [-0.25, -0.2) is 0 Å². The Morgan fingerprint density at radius 1 is 1.75 bits per heavy atom. The minimum Gasteiger partial charge on any atom is -0.377 e. The normalized spacial score (nSPS) is 10.9. The molecule has 1 rings (SSSR count). The van der Waals surface area contributed by atoms with E-state index in [0.717, 1.165) is 6.54 Å². The molecule has 0 atom stereocenters. The zero-order valence-electron chi connectivity index (χ0n) is 7.28. The van der Waals surface area contributed by atoms with Crippen LogP contribution in [0.3, 0.4) is 0 Å². The van der Waals surface area contributed by atoms with Crippen molar-refractivity contribution in [2.24, 2.45) is 0 Å². The van der Waals surface area contributed by atoms with Crippen molar-refractivity contribution in [3.05, 3.63) is 11.1 Å². The van der Waals surface area contributed by atoms with Crippen LogP contribution in [0.5, 0.6) is 0 Å². The first kappa shape index (κ1) is 9.41. The van der Waals surface area contributed by atoms with Crippen molar-refractivity contribution in [3.63, 3.8) is 0 Å². The zero-order chi connectivity index (χ0) is 8.97. The molecule has 0 radical (unpaired) electrons. The van der Waals surface area contributed by atoms with Gasteiger partial charge in [-0.2, -0.15) is 5.10 Å². The second kappa shape index (κ2) is 4.37. The Bertz CT molecular complexity index is 278. The molecule has 0 saturated carbocycles. The monoisotopic (exact) mass is 187 g/mol. The first-order chi connectivity index (χ1) is 5.70. The molecule has 0 fully saturated rings. The number of nitrogens with zero attached hydrogens (tertiary/aromatic N) is 2. The molecular formula is C7H13N3OS. The Kier molecular flexibility index (Phi) is 3.43. The summed E-state index contributed by atoms with van der Waals surface area (Å²) in [6.45, 7) is 5.45. The fourth-order valence-electron chi connectivity index (χ4n) is 0.816. The SMILES string of the molecule is CC(C)OCCn1cn[nH]c1=S. The van der Waals surface area contributed by atoms with E-state index < -0.39 is 0 Å². The molecule has 0 aliphatic heterocycles. The molecule has 4 nitrogen and oxygen atoms in total. The van der Waals surface area contributed by atoms with E-state index in [1.807, 2.05) is 18.4 Å². The van der Waals surface area contributed by atoms with E-state index >= 15 is 0 Å². The third-order valence-electron chi connectivity index (χ3n) is 1.40. The first-order valence-electron chi connectivity index (χ1n) is 3.91. The average Bonchev–Trinajstić information content (AvgIpc) is 2.36. The molecule has 0 unspecified atom stereocenters. The number of aromatic nitrogens is 3. The number of hydrogen-bond donors (Lipinski definition) is 1. The average molecular weight is 187 g/mol. The Morgan fingerprint density at radius 2 is 2.50 bits per heavy atom. The van der Waals surface area contributed by atoms with Crippen LogP contribution in [0.2, 0.25) is 0 Å². The zero-order valence-corrected chi connectivity index (χ0v) is 8.10. The summed E-state index contributed by atoms with van der Waals surface area (Å²) in [5, 5.41) is 6.48. The maximum absolute atomic E-state index is 5.36. The molecule has 0 saturated heterocycles. The molecule has 0 amide bonds. The maximum Gasteiger partial charge on any atom is 0.195 e. The summed E-state index contributed by atoms with van der Waals surface area (Å²) in [7, 11) is 0. The molecule has 1 aromatic rings. The number of H-pyrrole nitrogens is 1. The van der Waals surface area contributed by atoms with Gasteiger partial charge in [0.1, 0.15) is 6.33 Å². The first-order valence-corrected chi connectivity index (χ1v) is 4.32. The number of rotatable bonds is 4. The van der Waals surface area contributed by atoms with E-state index in [9.17, 15) is 0 Å². The van der Waals surface area contributed by atoms with Crippen molar-refractivity contribution < 1.29 is 4.74 Å². The highest BCUT2D eigenvalue weighted by Gasteiger charge is 1.95. The van der Waals surface area contributed by atoms with Gasteiger partial charge in [0.15, 0.2) is 4.77 Å². The van der Waals surface area contributed by atoms with Crippen LogP contribution in [0.4, 0.5) is 0 Å². The van der Waals surface area contributed by atoms with Gasteiger partial charge >= 0.3 is 0 Å². The highest BCUT2D eigenvalue weighted by Crippen LogP contribution is 1.91. The predicted molar refractivity (Wildman–Crippen MR) is 48.5 cm³/mol. The van der Waals surface area contributed by atoms with Crippen molar-refractivity contribution in [2.45, 2.75) is 26.5 Å². The van der Waals surface area contributed by atoms with Gasteiger partial charge < -0.3 is 9.30 Å². The fraction of sp³-hybridized carbons (Fsp3) is 0.714.